The summed E-state index contributed by atoms with van der Waals surface area (Å²) in [7, 11) is -4.13. The Morgan fingerprint density at radius 2 is 1.00 bits per heavy atom. The van der Waals surface area contributed by atoms with Gasteiger partial charge in [0.2, 0.25) is 31.8 Å². The number of pyridine rings is 2. The number of ether oxygens (including phenoxy) is 2. The number of hydrogen-bond donors (Lipinski definition) is 4. The molecule has 2 aromatic heterocycles. The number of halogens is 2. The van der Waals surface area contributed by atoms with Crippen molar-refractivity contribution in [1.82, 2.24) is 20.6 Å². The van der Waals surface area contributed by atoms with Crippen molar-refractivity contribution in [1.29, 1.82) is 0 Å². The number of hydrogen-bond acceptors (Lipinski definition) is 10. The number of sulfonamides is 2. The average molecular weight is 710 g/mol. The minimum absolute atomic E-state index is 0.185. The van der Waals surface area contributed by atoms with Crippen LogP contribution in [0.25, 0.3) is 33.6 Å². The van der Waals surface area contributed by atoms with Gasteiger partial charge in [0, 0.05) is 59.6 Å². The summed E-state index contributed by atoms with van der Waals surface area (Å²) in [6.45, 7) is 1.03. The van der Waals surface area contributed by atoms with E-state index in [0.29, 0.717) is 68.5 Å². The Kier molecular flexibility index (Phi) is 12.0. The number of benzene rings is 2. The molecule has 0 unspecified atom stereocenters. The van der Waals surface area contributed by atoms with E-state index in [1.165, 1.54) is 14.2 Å². The van der Waals surface area contributed by atoms with Gasteiger partial charge in [0.05, 0.1) is 47.2 Å². The zero-order valence-electron chi connectivity index (χ0n) is 25.1. The van der Waals surface area contributed by atoms with E-state index < -0.39 is 20.0 Å². The second-order valence-electron chi connectivity index (χ2n) is 10.2. The highest BCUT2D eigenvalue weighted by Crippen LogP contribution is 2.42. The normalized spacial score (nSPS) is 11.9. The molecule has 12 nitrogen and oxygen atoms in total. The number of nitrogens with two attached hydrogens (primary N) is 2. The third-order valence-corrected chi connectivity index (χ3v) is 9.22. The first-order valence-electron chi connectivity index (χ1n) is 13.9. The molecule has 0 aliphatic rings. The van der Waals surface area contributed by atoms with Gasteiger partial charge in [0.15, 0.2) is 0 Å². The molecule has 0 fully saturated rings. The van der Waals surface area contributed by atoms with Crippen molar-refractivity contribution in [3.05, 3.63) is 81.8 Å². The summed E-state index contributed by atoms with van der Waals surface area (Å²) >= 11 is 14.0. The van der Waals surface area contributed by atoms with Crippen molar-refractivity contribution in [2.24, 2.45) is 10.3 Å². The number of primary sulfonamides is 2. The monoisotopic (exact) mass is 708 g/mol. The van der Waals surface area contributed by atoms with Crippen LogP contribution >= 0.6 is 23.2 Å². The fraction of sp³-hybridized carbons (Fsp3) is 0.267. The maximum atomic E-state index is 11.2. The van der Waals surface area contributed by atoms with Crippen LogP contribution in [0.4, 0.5) is 0 Å². The summed E-state index contributed by atoms with van der Waals surface area (Å²) < 4.78 is 55.8. The van der Waals surface area contributed by atoms with Crippen LogP contribution in [0.15, 0.2) is 60.7 Å². The van der Waals surface area contributed by atoms with E-state index in [-0.39, 0.29) is 24.6 Å². The third-order valence-electron chi connectivity index (χ3n) is 6.86. The second-order valence-corrected chi connectivity index (χ2v) is 14.4. The predicted octanol–water partition coefficient (Wildman–Crippen LogP) is 3.56. The number of rotatable bonds is 15. The Labute approximate surface area is 278 Å². The fourth-order valence-electron chi connectivity index (χ4n) is 4.61. The topological polar surface area (TPSA) is 189 Å². The van der Waals surface area contributed by atoms with Gasteiger partial charge in [-0.1, -0.05) is 71.7 Å². The molecule has 16 heteroatoms. The molecular formula is C30H34Cl2N6O6S2. The van der Waals surface area contributed by atoms with E-state index in [2.05, 4.69) is 20.6 Å². The van der Waals surface area contributed by atoms with Crippen LogP contribution in [0.1, 0.15) is 11.1 Å². The van der Waals surface area contributed by atoms with E-state index in [0.717, 1.165) is 11.1 Å². The van der Waals surface area contributed by atoms with E-state index in [1.807, 2.05) is 60.7 Å². The molecule has 4 aromatic rings. The van der Waals surface area contributed by atoms with Gasteiger partial charge >= 0.3 is 0 Å². The molecule has 6 N–H and O–H groups in total. The molecule has 0 aliphatic carbocycles. The van der Waals surface area contributed by atoms with Crippen LogP contribution < -0.4 is 30.4 Å². The lowest BCUT2D eigenvalue weighted by Gasteiger charge is -2.15. The molecule has 0 radical (unpaired) electrons. The standard InChI is InChI=1S/C30H34Cl2N6O6S2/c1-43-29-19(17-35-13-15-45(33,39)40)9-11-25(37-29)23-7-3-5-21(27(23)31)22-6-4-8-24(28(22)32)26-12-10-20(30(38-26)44-2)18-36-14-16-46(34,41)42/h3-12,35-36H,13-18H2,1-2H3,(H2,33,39,40)(H2,34,41,42). The molecule has 0 aliphatic heterocycles. The smallest absolute Gasteiger partial charge is 0.218 e. The lowest BCUT2D eigenvalue weighted by Crippen LogP contribution is -2.27. The molecule has 0 amide bonds. The van der Waals surface area contributed by atoms with Gasteiger partial charge in [0.1, 0.15) is 0 Å². The Bertz CT molecular complexity index is 1790. The third kappa shape index (κ3) is 9.36. The van der Waals surface area contributed by atoms with Crippen LogP contribution in [-0.2, 0) is 33.1 Å². The molecule has 2 heterocycles. The molecular weight excluding hydrogens is 675 g/mol. The summed E-state index contributed by atoms with van der Waals surface area (Å²) in [5.74, 6) is 0.353. The summed E-state index contributed by atoms with van der Waals surface area (Å²) in [6.07, 6.45) is 0. The SMILES string of the molecule is COc1nc(-c2cccc(-c3cccc(-c4ccc(CNCCS(N)(=O)=O)c(OC)n4)c3Cl)c2Cl)ccc1CNCCS(N)(=O)=O. The van der Waals surface area contributed by atoms with Crippen molar-refractivity contribution < 1.29 is 26.3 Å². The first-order valence-corrected chi connectivity index (χ1v) is 18.1. The number of nitrogens with zero attached hydrogens (tertiary/aromatic N) is 2. The Hall–Kier alpha value is -3.34. The molecule has 4 rings (SSSR count). The fourth-order valence-corrected chi connectivity index (χ4v) is 6.12. The van der Waals surface area contributed by atoms with Gasteiger partial charge in [-0.3, -0.25) is 0 Å². The number of methoxy groups -OCH3 is 2. The molecule has 0 saturated heterocycles. The highest BCUT2D eigenvalue weighted by Gasteiger charge is 2.18. The van der Waals surface area contributed by atoms with Crippen LogP contribution in [0.3, 0.4) is 0 Å². The largest absolute Gasteiger partial charge is 0.481 e. The number of aromatic nitrogens is 2. The van der Waals surface area contributed by atoms with Gasteiger partial charge in [-0.25, -0.2) is 37.1 Å². The molecule has 0 spiro atoms. The number of nitrogens with one attached hydrogen (secondary N) is 2. The van der Waals surface area contributed by atoms with Gasteiger partial charge in [-0.15, -0.1) is 0 Å². The van der Waals surface area contributed by atoms with E-state index >= 15 is 0 Å². The van der Waals surface area contributed by atoms with Crippen LogP contribution in [0.2, 0.25) is 10.0 Å². The molecule has 246 valence electrons. The van der Waals surface area contributed by atoms with E-state index in [1.54, 1.807) is 0 Å². The van der Waals surface area contributed by atoms with Gasteiger partial charge in [-0.2, -0.15) is 0 Å². The minimum Gasteiger partial charge on any atom is -0.481 e. The second kappa shape index (κ2) is 15.5. The van der Waals surface area contributed by atoms with Gasteiger partial charge in [-0.05, 0) is 12.1 Å². The summed E-state index contributed by atoms with van der Waals surface area (Å²) in [6, 6.07) is 18.4. The molecule has 0 bridgehead atoms. The zero-order chi connectivity index (χ0) is 33.5. The molecule has 0 saturated carbocycles. The Morgan fingerprint density at radius 1 is 0.630 bits per heavy atom. The van der Waals surface area contributed by atoms with Crippen LogP contribution in [0, 0.1) is 0 Å². The molecule has 0 atom stereocenters. The first-order chi connectivity index (χ1) is 21.8. The lowest BCUT2D eigenvalue weighted by molar-refractivity contribution is 0.391. The summed E-state index contributed by atoms with van der Waals surface area (Å²) in [5, 5.41) is 17.0. The van der Waals surface area contributed by atoms with Crippen molar-refractivity contribution in [2.45, 2.75) is 13.1 Å². The highest BCUT2D eigenvalue weighted by molar-refractivity contribution is 7.89. The van der Waals surface area contributed by atoms with E-state index in [4.69, 9.17) is 43.0 Å². The van der Waals surface area contributed by atoms with Gasteiger partial charge < -0.3 is 20.1 Å². The van der Waals surface area contributed by atoms with Crippen LogP contribution in [0.5, 0.6) is 11.8 Å². The molecule has 2 aromatic carbocycles. The Balaban J connectivity index is 1.60. The van der Waals surface area contributed by atoms with Crippen molar-refractivity contribution in [3.63, 3.8) is 0 Å². The van der Waals surface area contributed by atoms with Gasteiger partial charge in [0.25, 0.3) is 0 Å². The Morgan fingerprint density at radius 3 is 1.35 bits per heavy atom. The quantitative estimate of drug-likeness (QED) is 0.133. The van der Waals surface area contributed by atoms with Crippen molar-refractivity contribution >= 4 is 43.2 Å². The lowest BCUT2D eigenvalue weighted by atomic mass is 9.98. The van der Waals surface area contributed by atoms with Crippen molar-refractivity contribution in [2.75, 3.05) is 38.8 Å². The minimum atomic E-state index is -3.57. The average Bonchev–Trinajstić information content (AvgIpc) is 3.01. The predicted molar refractivity (Wildman–Crippen MR) is 181 cm³/mol. The summed E-state index contributed by atoms with van der Waals surface area (Å²) in [5.41, 5.74) is 5.30. The zero-order valence-corrected chi connectivity index (χ0v) is 28.2. The summed E-state index contributed by atoms with van der Waals surface area (Å²) in [4.78, 5) is 9.30. The maximum Gasteiger partial charge on any atom is 0.218 e. The first kappa shape index (κ1) is 35.5. The maximum absolute atomic E-state index is 11.2. The van der Waals surface area contributed by atoms with E-state index in [9.17, 15) is 16.8 Å². The van der Waals surface area contributed by atoms with Crippen molar-refractivity contribution in [3.8, 4) is 45.4 Å². The molecule has 46 heavy (non-hydrogen) atoms. The van der Waals surface area contributed by atoms with Crippen LogP contribution in [-0.4, -0.2) is 65.6 Å². The highest BCUT2D eigenvalue weighted by atomic mass is 35.5.